The fraction of sp³-hybridized carbons (Fsp3) is 0.733. The summed E-state index contributed by atoms with van der Waals surface area (Å²) in [5.74, 6) is 0.736. The molecule has 2 heterocycles. The molecule has 6 nitrogen and oxygen atoms in total. The Balaban J connectivity index is 1.93. The SMILES string of the molecule is CCOCC1CCN(C(=O)Nc2cn(C)nc2C(C)C)C1. The third kappa shape index (κ3) is 3.97. The molecular formula is C15H26N4O2. The summed E-state index contributed by atoms with van der Waals surface area (Å²) in [6.45, 7) is 9.18. The van der Waals surface area contributed by atoms with Crippen LogP contribution in [0.3, 0.4) is 0 Å². The standard InChI is InChI=1S/C15H26N4O2/c1-5-21-10-12-6-7-19(8-12)15(20)16-13-9-18(4)17-14(13)11(2)3/h9,11-12H,5-8,10H2,1-4H3,(H,16,20). The summed E-state index contributed by atoms with van der Waals surface area (Å²) in [5, 5.41) is 7.40. The number of carbonyl (C=O) groups excluding carboxylic acids is 1. The third-order valence-corrected chi connectivity index (χ3v) is 3.78. The lowest BCUT2D eigenvalue weighted by atomic mass is 10.1. The van der Waals surface area contributed by atoms with Crippen molar-refractivity contribution in [2.75, 3.05) is 31.6 Å². The highest BCUT2D eigenvalue weighted by Gasteiger charge is 2.27. The third-order valence-electron chi connectivity index (χ3n) is 3.78. The first-order chi connectivity index (χ1) is 10.0. The van der Waals surface area contributed by atoms with E-state index in [9.17, 15) is 4.79 Å². The molecule has 6 heteroatoms. The van der Waals surface area contributed by atoms with Gasteiger partial charge >= 0.3 is 6.03 Å². The maximum Gasteiger partial charge on any atom is 0.321 e. The Kier molecular flexibility index (Phi) is 5.22. The zero-order chi connectivity index (χ0) is 15.4. The van der Waals surface area contributed by atoms with Crippen molar-refractivity contribution in [3.05, 3.63) is 11.9 Å². The summed E-state index contributed by atoms with van der Waals surface area (Å²) in [6, 6.07) is -0.0381. The van der Waals surface area contributed by atoms with Crippen LogP contribution in [0.4, 0.5) is 10.5 Å². The number of urea groups is 1. The topological polar surface area (TPSA) is 59.4 Å². The molecule has 2 rings (SSSR count). The van der Waals surface area contributed by atoms with Gasteiger partial charge in [-0.2, -0.15) is 5.10 Å². The number of amides is 2. The Morgan fingerprint density at radius 3 is 3.00 bits per heavy atom. The van der Waals surface area contributed by atoms with Gasteiger partial charge in [0.05, 0.1) is 18.0 Å². The quantitative estimate of drug-likeness (QED) is 0.907. The molecule has 1 atom stereocenters. The molecule has 1 aliphatic rings. The van der Waals surface area contributed by atoms with E-state index >= 15 is 0 Å². The maximum atomic E-state index is 12.4. The van der Waals surface area contributed by atoms with Gasteiger partial charge in [-0.15, -0.1) is 0 Å². The molecule has 1 aliphatic heterocycles. The van der Waals surface area contributed by atoms with Gasteiger partial charge in [-0.3, -0.25) is 4.68 Å². The summed E-state index contributed by atoms with van der Waals surface area (Å²) in [6.07, 6.45) is 2.87. The van der Waals surface area contributed by atoms with Crippen molar-refractivity contribution in [1.82, 2.24) is 14.7 Å². The lowest BCUT2D eigenvalue weighted by molar-refractivity contribution is 0.113. The molecule has 1 unspecified atom stereocenters. The number of ether oxygens (including phenoxy) is 1. The van der Waals surface area contributed by atoms with Gasteiger partial charge < -0.3 is 15.0 Å². The summed E-state index contributed by atoms with van der Waals surface area (Å²) >= 11 is 0. The number of nitrogens with zero attached hydrogens (tertiary/aromatic N) is 3. The highest BCUT2D eigenvalue weighted by molar-refractivity contribution is 5.90. The van der Waals surface area contributed by atoms with Crippen molar-refractivity contribution in [1.29, 1.82) is 0 Å². The fourth-order valence-corrected chi connectivity index (χ4v) is 2.66. The fourth-order valence-electron chi connectivity index (χ4n) is 2.66. The molecule has 0 aliphatic carbocycles. The summed E-state index contributed by atoms with van der Waals surface area (Å²) in [4.78, 5) is 14.2. The lowest BCUT2D eigenvalue weighted by Gasteiger charge is -2.17. The number of aryl methyl sites for hydroxylation is 1. The molecule has 1 aromatic heterocycles. The Labute approximate surface area is 126 Å². The van der Waals surface area contributed by atoms with Gasteiger partial charge in [0.1, 0.15) is 0 Å². The van der Waals surface area contributed by atoms with Gasteiger partial charge in [0.25, 0.3) is 0 Å². The van der Waals surface area contributed by atoms with Crippen LogP contribution in [0, 0.1) is 5.92 Å². The second kappa shape index (κ2) is 6.93. The van der Waals surface area contributed by atoms with E-state index in [-0.39, 0.29) is 11.9 Å². The van der Waals surface area contributed by atoms with Gasteiger partial charge in [-0.25, -0.2) is 4.79 Å². The van der Waals surface area contributed by atoms with Crippen molar-refractivity contribution in [3.63, 3.8) is 0 Å². The summed E-state index contributed by atoms with van der Waals surface area (Å²) in [5.41, 5.74) is 1.74. The van der Waals surface area contributed by atoms with E-state index in [4.69, 9.17) is 4.74 Å². The molecule has 1 saturated heterocycles. The minimum Gasteiger partial charge on any atom is -0.381 e. The highest BCUT2D eigenvalue weighted by atomic mass is 16.5. The first-order valence-corrected chi connectivity index (χ1v) is 7.68. The van der Waals surface area contributed by atoms with Crippen LogP contribution in [-0.2, 0) is 11.8 Å². The second-order valence-electron chi connectivity index (χ2n) is 5.95. The molecule has 1 fully saturated rings. The zero-order valence-corrected chi connectivity index (χ0v) is 13.4. The maximum absolute atomic E-state index is 12.4. The molecule has 0 radical (unpaired) electrons. The smallest absolute Gasteiger partial charge is 0.321 e. The van der Waals surface area contributed by atoms with Gasteiger partial charge in [0.2, 0.25) is 0 Å². The normalized spacial score (nSPS) is 18.5. The number of likely N-dealkylation sites (tertiary alicyclic amines) is 1. The molecule has 1 N–H and O–H groups in total. The van der Waals surface area contributed by atoms with Crippen LogP contribution >= 0.6 is 0 Å². The first-order valence-electron chi connectivity index (χ1n) is 7.68. The molecule has 2 amide bonds. The van der Waals surface area contributed by atoms with Gasteiger partial charge in [-0.1, -0.05) is 13.8 Å². The molecule has 0 spiro atoms. The zero-order valence-electron chi connectivity index (χ0n) is 13.4. The number of rotatable bonds is 5. The molecule has 21 heavy (non-hydrogen) atoms. The van der Waals surface area contributed by atoms with E-state index in [2.05, 4.69) is 24.3 Å². The van der Waals surface area contributed by atoms with Crippen LogP contribution in [0.5, 0.6) is 0 Å². The van der Waals surface area contributed by atoms with E-state index in [0.717, 1.165) is 44.1 Å². The number of hydrogen-bond donors (Lipinski definition) is 1. The van der Waals surface area contributed by atoms with Crippen LogP contribution in [0.1, 0.15) is 38.8 Å². The lowest BCUT2D eigenvalue weighted by Crippen LogP contribution is -2.33. The van der Waals surface area contributed by atoms with E-state index in [1.54, 1.807) is 4.68 Å². The van der Waals surface area contributed by atoms with E-state index in [1.165, 1.54) is 0 Å². The van der Waals surface area contributed by atoms with Crippen LogP contribution < -0.4 is 5.32 Å². The largest absolute Gasteiger partial charge is 0.381 e. The van der Waals surface area contributed by atoms with Crippen LogP contribution in [0.15, 0.2) is 6.20 Å². The molecule has 118 valence electrons. The Hall–Kier alpha value is -1.56. The van der Waals surface area contributed by atoms with Gasteiger partial charge in [0.15, 0.2) is 0 Å². The van der Waals surface area contributed by atoms with Gasteiger partial charge in [0, 0.05) is 38.9 Å². The Morgan fingerprint density at radius 1 is 1.57 bits per heavy atom. The van der Waals surface area contributed by atoms with E-state index in [1.807, 2.05) is 25.1 Å². The number of aromatic nitrogens is 2. The predicted molar refractivity (Wildman–Crippen MR) is 82.5 cm³/mol. The second-order valence-corrected chi connectivity index (χ2v) is 5.95. The number of carbonyl (C=O) groups is 1. The summed E-state index contributed by atoms with van der Waals surface area (Å²) in [7, 11) is 1.87. The summed E-state index contributed by atoms with van der Waals surface area (Å²) < 4.78 is 7.19. The van der Waals surface area contributed by atoms with E-state index < -0.39 is 0 Å². The monoisotopic (exact) mass is 294 g/mol. The minimum atomic E-state index is -0.0381. The Morgan fingerprint density at radius 2 is 2.33 bits per heavy atom. The van der Waals surface area contributed by atoms with Crippen molar-refractivity contribution < 1.29 is 9.53 Å². The number of nitrogens with one attached hydrogen (secondary N) is 1. The number of hydrogen-bond acceptors (Lipinski definition) is 3. The van der Waals surface area contributed by atoms with Crippen molar-refractivity contribution in [3.8, 4) is 0 Å². The molecule has 0 bridgehead atoms. The van der Waals surface area contributed by atoms with Crippen LogP contribution in [0.25, 0.3) is 0 Å². The first kappa shape index (κ1) is 15.8. The van der Waals surface area contributed by atoms with E-state index in [0.29, 0.717) is 5.92 Å². The van der Waals surface area contributed by atoms with Crippen molar-refractivity contribution in [2.24, 2.45) is 13.0 Å². The van der Waals surface area contributed by atoms with Crippen LogP contribution in [0.2, 0.25) is 0 Å². The molecule has 0 saturated carbocycles. The highest BCUT2D eigenvalue weighted by Crippen LogP contribution is 2.23. The Bertz CT molecular complexity index is 484. The predicted octanol–water partition coefficient (Wildman–Crippen LogP) is 2.43. The molecular weight excluding hydrogens is 268 g/mol. The average molecular weight is 294 g/mol. The number of anilines is 1. The minimum absolute atomic E-state index is 0.0381. The van der Waals surface area contributed by atoms with Crippen molar-refractivity contribution >= 4 is 11.7 Å². The van der Waals surface area contributed by atoms with Crippen LogP contribution in [-0.4, -0.2) is 47.0 Å². The molecule has 0 aromatic carbocycles. The van der Waals surface area contributed by atoms with Crippen molar-refractivity contribution in [2.45, 2.75) is 33.1 Å². The van der Waals surface area contributed by atoms with Gasteiger partial charge in [-0.05, 0) is 19.3 Å². The molecule has 1 aromatic rings. The average Bonchev–Trinajstić information content (AvgIpc) is 3.03.